The van der Waals surface area contributed by atoms with Crippen LogP contribution in [0.4, 0.5) is 0 Å². The second-order valence-electron chi connectivity index (χ2n) is 14.3. The van der Waals surface area contributed by atoms with E-state index in [2.05, 4.69) is 23.5 Å². The third kappa shape index (κ3) is 7.24. The van der Waals surface area contributed by atoms with Gasteiger partial charge in [-0.3, -0.25) is 19.2 Å². The Balaban J connectivity index is 1.31. The van der Waals surface area contributed by atoms with Gasteiger partial charge in [-0.1, -0.05) is 59.8 Å². The molecule has 4 heterocycles. The number of allylic oxidation sites excluding steroid dienone is 1. The maximum atomic E-state index is 14.9. The van der Waals surface area contributed by atoms with Gasteiger partial charge in [0.25, 0.3) is 0 Å². The summed E-state index contributed by atoms with van der Waals surface area (Å²) in [5.74, 6) is -3.22. The van der Waals surface area contributed by atoms with E-state index in [0.717, 1.165) is 5.52 Å². The van der Waals surface area contributed by atoms with Gasteiger partial charge in [-0.15, -0.1) is 18.3 Å². The molecule has 1 N–H and O–H groups in total. The van der Waals surface area contributed by atoms with Crippen molar-refractivity contribution in [2.45, 2.75) is 88.4 Å². The van der Waals surface area contributed by atoms with Crippen molar-refractivity contribution >= 4 is 34.7 Å². The fraction of sp³-hybridized carbons (Fsp3) is 0.500. The molecule has 13 heteroatoms. The Kier molecular flexibility index (Phi) is 11.7. The third-order valence-electron chi connectivity index (χ3n) is 11.1. The van der Waals surface area contributed by atoms with Gasteiger partial charge in [-0.25, -0.2) is 4.68 Å². The molecule has 0 saturated carbocycles. The fourth-order valence-electron chi connectivity index (χ4n) is 8.36. The lowest BCUT2D eigenvalue weighted by molar-refractivity contribution is -0.164. The van der Waals surface area contributed by atoms with Crippen molar-refractivity contribution in [3.63, 3.8) is 0 Å². The Morgan fingerprint density at radius 2 is 1.85 bits per heavy atom. The Bertz CT molecular complexity index is 1810. The van der Waals surface area contributed by atoms with E-state index in [1.165, 1.54) is 0 Å². The fourth-order valence-corrected chi connectivity index (χ4v) is 8.36. The maximum Gasteiger partial charge on any atom is 0.313 e. The zero-order chi connectivity index (χ0) is 37.7. The Morgan fingerprint density at radius 3 is 2.58 bits per heavy atom. The maximum absolute atomic E-state index is 14.9. The number of likely N-dealkylation sites (tertiary alicyclic amines) is 1. The molecule has 6 rings (SSSR count). The topological polar surface area (TPSA) is 147 Å². The summed E-state index contributed by atoms with van der Waals surface area (Å²) in [4.78, 5) is 61.8. The molecule has 0 unspecified atom stereocenters. The van der Waals surface area contributed by atoms with Crippen LogP contribution >= 0.6 is 0 Å². The number of aromatic nitrogens is 3. The molecule has 282 valence electrons. The van der Waals surface area contributed by atoms with Gasteiger partial charge < -0.3 is 29.3 Å². The first-order valence-electron chi connectivity index (χ1n) is 18.6. The second kappa shape index (κ2) is 16.4. The number of hydrogen-bond acceptors (Lipinski definition) is 9. The van der Waals surface area contributed by atoms with Crippen molar-refractivity contribution < 1.29 is 33.8 Å². The van der Waals surface area contributed by atoms with Crippen LogP contribution < -0.4 is 0 Å². The van der Waals surface area contributed by atoms with Gasteiger partial charge in [0.15, 0.2) is 0 Å². The SMILES string of the molecule is C=CCCC(=O)N(C)[C@@H](C)[C@@H](OC(=O)[C@@H]1[C@@H]2CC[C@]3(O2)[C@H](C(=O)N(CC=C)Cn2nnc4ccccc42)N(CCCCCO)C(=O)[C@@H]13)c1ccccc1. The van der Waals surface area contributed by atoms with Crippen LogP contribution in [0.3, 0.4) is 0 Å². The van der Waals surface area contributed by atoms with Gasteiger partial charge in [0.05, 0.1) is 29.5 Å². The minimum Gasteiger partial charge on any atom is -0.455 e. The molecule has 3 aromatic rings. The molecular formula is C40H50N6O7. The van der Waals surface area contributed by atoms with Gasteiger partial charge in [0, 0.05) is 33.2 Å². The number of amides is 3. The van der Waals surface area contributed by atoms with Crippen molar-refractivity contribution in [2.75, 3.05) is 26.7 Å². The van der Waals surface area contributed by atoms with Crippen molar-refractivity contribution in [3.05, 3.63) is 85.5 Å². The Labute approximate surface area is 310 Å². The summed E-state index contributed by atoms with van der Waals surface area (Å²) in [5.41, 5.74) is 0.917. The monoisotopic (exact) mass is 726 g/mol. The third-order valence-corrected chi connectivity index (χ3v) is 11.1. The predicted molar refractivity (Wildman–Crippen MR) is 197 cm³/mol. The molecule has 3 aliphatic rings. The lowest BCUT2D eigenvalue weighted by Crippen LogP contribution is -2.56. The molecule has 2 bridgehead atoms. The number of aliphatic hydroxyl groups excluding tert-OH is 1. The number of esters is 1. The van der Waals surface area contributed by atoms with Crippen molar-refractivity contribution in [2.24, 2.45) is 11.8 Å². The van der Waals surface area contributed by atoms with Crippen LogP contribution in [-0.2, 0) is 35.3 Å². The van der Waals surface area contributed by atoms with E-state index in [4.69, 9.17) is 9.47 Å². The van der Waals surface area contributed by atoms with Crippen LogP contribution in [-0.4, -0.2) is 109 Å². The van der Waals surface area contributed by atoms with Crippen LogP contribution in [0.25, 0.3) is 11.0 Å². The Hall–Kier alpha value is -4.88. The Morgan fingerprint density at radius 1 is 1.09 bits per heavy atom. The highest BCUT2D eigenvalue weighted by Gasteiger charge is 2.75. The van der Waals surface area contributed by atoms with Crippen LogP contribution in [0.1, 0.15) is 63.5 Å². The molecule has 3 saturated heterocycles. The van der Waals surface area contributed by atoms with Crippen molar-refractivity contribution in [1.29, 1.82) is 0 Å². The summed E-state index contributed by atoms with van der Waals surface area (Å²) >= 11 is 0. The standard InChI is InChI=1S/C40H50N6O7/c1-5-7-20-32(48)43(4)27(3)35(28-16-10-8-11-17-28)52-39(51)33-31-21-22-40(53-31)34(33)37(49)45(24-14-9-15-25-47)36(40)38(50)44(23-6-2)26-46-30-19-13-12-18-29(30)41-42-46/h5-6,8,10-13,16-19,27,31,33-36,47H,1-2,7,9,14-15,20-26H2,3-4H3/t27-,31-,33+,34+,35+,36-,40+/m0/s1. The second-order valence-corrected chi connectivity index (χ2v) is 14.3. The van der Waals surface area contributed by atoms with E-state index in [1.807, 2.05) is 61.5 Å². The largest absolute Gasteiger partial charge is 0.455 e. The lowest BCUT2D eigenvalue weighted by Gasteiger charge is -2.37. The first-order valence-corrected chi connectivity index (χ1v) is 18.6. The highest BCUT2D eigenvalue weighted by Crippen LogP contribution is 2.59. The van der Waals surface area contributed by atoms with Crippen molar-refractivity contribution in [3.8, 4) is 0 Å². The number of carbonyl (C=O) groups is 4. The van der Waals surface area contributed by atoms with E-state index >= 15 is 0 Å². The molecule has 53 heavy (non-hydrogen) atoms. The number of rotatable bonds is 18. The molecule has 1 spiro atoms. The minimum atomic E-state index is -1.24. The number of para-hydroxylation sites is 1. The van der Waals surface area contributed by atoms with Crippen LogP contribution in [0, 0.1) is 11.8 Å². The van der Waals surface area contributed by atoms with E-state index in [-0.39, 0.29) is 50.5 Å². The molecule has 0 aliphatic carbocycles. The van der Waals surface area contributed by atoms with Crippen molar-refractivity contribution in [1.82, 2.24) is 29.7 Å². The number of ether oxygens (including phenoxy) is 2. The van der Waals surface area contributed by atoms with Crippen LogP contribution in [0.15, 0.2) is 79.9 Å². The van der Waals surface area contributed by atoms with E-state index < -0.39 is 47.7 Å². The zero-order valence-corrected chi connectivity index (χ0v) is 30.6. The zero-order valence-electron chi connectivity index (χ0n) is 30.6. The number of hydrogen-bond donors (Lipinski definition) is 1. The normalized spacial score (nSPS) is 24.1. The smallest absolute Gasteiger partial charge is 0.313 e. The van der Waals surface area contributed by atoms with E-state index in [9.17, 15) is 24.3 Å². The van der Waals surface area contributed by atoms with Gasteiger partial charge in [0.2, 0.25) is 17.7 Å². The summed E-state index contributed by atoms with van der Waals surface area (Å²) in [5, 5.41) is 18.0. The number of benzene rings is 2. The summed E-state index contributed by atoms with van der Waals surface area (Å²) in [6.07, 6.45) is 5.37. The quantitative estimate of drug-likeness (QED) is 0.117. The first-order chi connectivity index (χ1) is 25.7. The van der Waals surface area contributed by atoms with E-state index in [0.29, 0.717) is 49.6 Å². The van der Waals surface area contributed by atoms with Gasteiger partial charge in [-0.2, -0.15) is 0 Å². The molecular weight excluding hydrogens is 676 g/mol. The lowest BCUT2D eigenvalue weighted by atomic mass is 9.70. The molecule has 1 aromatic heterocycles. The number of aliphatic hydroxyl groups is 1. The number of nitrogens with zero attached hydrogens (tertiary/aromatic N) is 6. The molecule has 3 aliphatic heterocycles. The summed E-state index contributed by atoms with van der Waals surface area (Å²) in [6.45, 7) is 9.99. The number of likely N-dealkylation sites (N-methyl/N-ethyl adjacent to an activating group) is 1. The molecule has 2 aromatic carbocycles. The van der Waals surface area contributed by atoms with Gasteiger partial charge in [0.1, 0.15) is 29.9 Å². The van der Waals surface area contributed by atoms with Crippen LogP contribution in [0.5, 0.6) is 0 Å². The number of fused-ring (bicyclic) bond motifs is 2. The first kappa shape index (κ1) is 37.9. The highest BCUT2D eigenvalue weighted by atomic mass is 16.6. The molecule has 13 nitrogen and oxygen atoms in total. The number of carbonyl (C=O) groups excluding carboxylic acids is 4. The average molecular weight is 727 g/mol. The minimum absolute atomic E-state index is 0.0244. The highest BCUT2D eigenvalue weighted by molar-refractivity contribution is 5.98. The molecule has 3 amide bonds. The van der Waals surface area contributed by atoms with Crippen LogP contribution in [0.2, 0.25) is 0 Å². The van der Waals surface area contributed by atoms with E-state index in [1.54, 1.807) is 38.6 Å². The van der Waals surface area contributed by atoms with Gasteiger partial charge in [-0.05, 0) is 63.1 Å². The predicted octanol–water partition coefficient (Wildman–Crippen LogP) is 4.04. The summed E-state index contributed by atoms with van der Waals surface area (Å²) < 4.78 is 14.7. The summed E-state index contributed by atoms with van der Waals surface area (Å²) in [6, 6.07) is 15.2. The molecule has 7 atom stereocenters. The van der Waals surface area contributed by atoms with Gasteiger partial charge >= 0.3 is 5.97 Å². The number of unbranched alkanes of at least 4 members (excludes halogenated alkanes) is 2. The average Bonchev–Trinajstić information content (AvgIpc) is 3.93. The molecule has 3 fully saturated rings. The summed E-state index contributed by atoms with van der Waals surface area (Å²) in [7, 11) is 1.69. The molecule has 0 radical (unpaired) electrons.